The van der Waals surface area contributed by atoms with Crippen molar-refractivity contribution >= 4 is 34.6 Å². The van der Waals surface area contributed by atoms with E-state index >= 15 is 0 Å². The summed E-state index contributed by atoms with van der Waals surface area (Å²) in [6.45, 7) is 1.45. The van der Waals surface area contributed by atoms with E-state index in [1.807, 2.05) is 0 Å². The second kappa shape index (κ2) is 9.95. The quantitative estimate of drug-likeness (QED) is 0.480. The van der Waals surface area contributed by atoms with Crippen molar-refractivity contribution in [1.29, 1.82) is 0 Å². The second-order valence-corrected chi connectivity index (χ2v) is 5.79. The van der Waals surface area contributed by atoms with E-state index in [9.17, 15) is 14.5 Å². The number of ether oxygens (including phenoxy) is 2. The van der Waals surface area contributed by atoms with Gasteiger partial charge in [0.2, 0.25) is 11.6 Å². The van der Waals surface area contributed by atoms with Gasteiger partial charge in [-0.1, -0.05) is 11.6 Å². The van der Waals surface area contributed by atoms with Gasteiger partial charge < -0.3 is 19.7 Å². The normalized spacial score (nSPS) is 10.7. The summed E-state index contributed by atoms with van der Waals surface area (Å²) in [5, 5.41) is 14.4. The van der Waals surface area contributed by atoms with Gasteiger partial charge in [0.1, 0.15) is 12.1 Å². The van der Waals surface area contributed by atoms with Crippen LogP contribution in [0.2, 0.25) is 5.02 Å². The van der Waals surface area contributed by atoms with Crippen LogP contribution in [0.4, 0.5) is 27.4 Å². The molecule has 9 nitrogen and oxygen atoms in total. The molecule has 1 aromatic heterocycles. The monoisotopic (exact) mass is 399 g/mol. The third-order valence-electron chi connectivity index (χ3n) is 3.60. The Labute approximate surface area is 160 Å². The predicted molar refractivity (Wildman–Crippen MR) is 99.3 cm³/mol. The highest BCUT2D eigenvalue weighted by Crippen LogP contribution is 2.34. The number of benzene rings is 1. The molecule has 1 aromatic carbocycles. The topological polar surface area (TPSA) is 103 Å². The van der Waals surface area contributed by atoms with Crippen LogP contribution in [0.5, 0.6) is 0 Å². The van der Waals surface area contributed by atoms with E-state index < -0.39 is 10.7 Å². The molecule has 0 atom stereocenters. The third-order valence-corrected chi connectivity index (χ3v) is 3.89. The Morgan fingerprint density at radius 3 is 2.48 bits per heavy atom. The van der Waals surface area contributed by atoms with Crippen molar-refractivity contribution in [2.24, 2.45) is 0 Å². The molecule has 0 radical (unpaired) electrons. The number of nitrogens with one attached hydrogen (secondary N) is 1. The van der Waals surface area contributed by atoms with Crippen LogP contribution in [-0.4, -0.2) is 55.4 Å². The molecule has 146 valence electrons. The Kier molecular flexibility index (Phi) is 7.65. The smallest absolute Gasteiger partial charge is 0.353 e. The van der Waals surface area contributed by atoms with Crippen molar-refractivity contribution in [3.63, 3.8) is 0 Å². The summed E-state index contributed by atoms with van der Waals surface area (Å²) in [6, 6.07) is 3.87. The third kappa shape index (κ3) is 5.46. The van der Waals surface area contributed by atoms with Gasteiger partial charge in [0.25, 0.3) is 0 Å². The van der Waals surface area contributed by atoms with Crippen LogP contribution in [0.15, 0.2) is 24.5 Å². The minimum atomic E-state index is -0.592. The van der Waals surface area contributed by atoms with E-state index in [4.69, 9.17) is 21.1 Å². The molecule has 11 heteroatoms. The average molecular weight is 400 g/mol. The Balaban J connectivity index is 2.41. The molecule has 0 aliphatic carbocycles. The van der Waals surface area contributed by atoms with Crippen molar-refractivity contribution < 1.29 is 18.8 Å². The number of aromatic nitrogens is 2. The molecule has 0 unspecified atom stereocenters. The van der Waals surface area contributed by atoms with Crippen LogP contribution >= 0.6 is 11.6 Å². The predicted octanol–water partition coefficient (Wildman–Crippen LogP) is 3.02. The number of anilines is 3. The van der Waals surface area contributed by atoms with Crippen LogP contribution < -0.4 is 10.2 Å². The van der Waals surface area contributed by atoms with Gasteiger partial charge in [-0.15, -0.1) is 0 Å². The van der Waals surface area contributed by atoms with Crippen LogP contribution in [0.3, 0.4) is 0 Å². The standard InChI is InChI=1S/C16H19ClFN5O4/c1-26-7-5-22(6-8-27-2)16-14(23(24)25)15(19-10-20-16)21-11-3-4-13(18)12(17)9-11/h3-4,9-10H,5-8H2,1-2H3,(H,19,20,21). The number of nitro groups is 1. The maximum Gasteiger partial charge on any atom is 0.353 e. The number of halogens is 2. The van der Waals surface area contributed by atoms with Crippen LogP contribution in [-0.2, 0) is 9.47 Å². The fourth-order valence-electron chi connectivity index (χ4n) is 2.30. The van der Waals surface area contributed by atoms with Crippen molar-refractivity contribution in [2.45, 2.75) is 0 Å². The summed E-state index contributed by atoms with van der Waals surface area (Å²) >= 11 is 5.76. The van der Waals surface area contributed by atoms with Crippen LogP contribution in [0.1, 0.15) is 0 Å². The van der Waals surface area contributed by atoms with E-state index in [0.717, 1.165) is 6.07 Å². The zero-order valence-electron chi connectivity index (χ0n) is 14.8. The van der Waals surface area contributed by atoms with Gasteiger partial charge in [0.05, 0.1) is 23.2 Å². The van der Waals surface area contributed by atoms with Gasteiger partial charge in [-0.2, -0.15) is 0 Å². The minimum Gasteiger partial charge on any atom is -0.383 e. The largest absolute Gasteiger partial charge is 0.383 e. The average Bonchev–Trinajstić information content (AvgIpc) is 2.64. The zero-order chi connectivity index (χ0) is 19.8. The zero-order valence-corrected chi connectivity index (χ0v) is 15.6. The highest BCUT2D eigenvalue weighted by molar-refractivity contribution is 6.31. The summed E-state index contributed by atoms with van der Waals surface area (Å²) in [4.78, 5) is 20.9. The fourth-order valence-corrected chi connectivity index (χ4v) is 2.48. The van der Waals surface area contributed by atoms with E-state index in [-0.39, 0.29) is 22.3 Å². The molecule has 1 N–H and O–H groups in total. The molecule has 0 aliphatic heterocycles. The number of methoxy groups -OCH3 is 2. The second-order valence-electron chi connectivity index (χ2n) is 5.38. The molecule has 27 heavy (non-hydrogen) atoms. The van der Waals surface area contributed by atoms with Crippen molar-refractivity contribution in [3.8, 4) is 0 Å². The first kappa shape index (κ1) is 20.7. The number of nitrogens with zero attached hydrogens (tertiary/aromatic N) is 4. The van der Waals surface area contributed by atoms with Crippen molar-refractivity contribution in [3.05, 3.63) is 45.5 Å². The first-order chi connectivity index (χ1) is 13.0. The van der Waals surface area contributed by atoms with E-state index in [2.05, 4.69) is 15.3 Å². The molecule has 0 aliphatic rings. The minimum absolute atomic E-state index is 0.0347. The van der Waals surface area contributed by atoms with Crippen molar-refractivity contribution in [1.82, 2.24) is 9.97 Å². The lowest BCUT2D eigenvalue weighted by molar-refractivity contribution is -0.383. The Hall–Kier alpha value is -2.56. The summed E-state index contributed by atoms with van der Waals surface area (Å²) in [5.74, 6) is -0.502. The van der Waals surface area contributed by atoms with Gasteiger partial charge in [-0.25, -0.2) is 14.4 Å². The Morgan fingerprint density at radius 1 is 1.26 bits per heavy atom. The Morgan fingerprint density at radius 2 is 1.93 bits per heavy atom. The van der Waals surface area contributed by atoms with Gasteiger partial charge in [-0.05, 0) is 18.2 Å². The highest BCUT2D eigenvalue weighted by Gasteiger charge is 2.27. The molecule has 0 amide bonds. The molecular formula is C16H19ClFN5O4. The molecule has 2 rings (SSSR count). The molecule has 1 heterocycles. The SMILES string of the molecule is COCCN(CCOC)c1ncnc(Nc2ccc(F)c(Cl)c2)c1[N+](=O)[O-]. The lowest BCUT2D eigenvalue weighted by Crippen LogP contribution is -2.32. The lowest BCUT2D eigenvalue weighted by Gasteiger charge is -2.23. The number of hydrogen-bond donors (Lipinski definition) is 1. The first-order valence-electron chi connectivity index (χ1n) is 7.92. The van der Waals surface area contributed by atoms with Crippen LogP contribution in [0.25, 0.3) is 0 Å². The maximum atomic E-state index is 13.3. The molecular weight excluding hydrogens is 381 g/mol. The first-order valence-corrected chi connectivity index (χ1v) is 8.30. The van der Waals surface area contributed by atoms with Gasteiger partial charge in [-0.3, -0.25) is 10.1 Å². The number of hydrogen-bond acceptors (Lipinski definition) is 8. The fraction of sp³-hybridized carbons (Fsp3) is 0.375. The maximum absolute atomic E-state index is 13.3. The van der Waals surface area contributed by atoms with Gasteiger partial charge in [0.15, 0.2) is 0 Å². The van der Waals surface area contributed by atoms with E-state index in [1.165, 1.54) is 32.7 Å². The molecule has 0 saturated heterocycles. The molecule has 0 bridgehead atoms. The summed E-state index contributed by atoms with van der Waals surface area (Å²) < 4.78 is 23.5. The van der Waals surface area contributed by atoms with E-state index in [0.29, 0.717) is 32.0 Å². The van der Waals surface area contributed by atoms with Gasteiger partial charge >= 0.3 is 5.69 Å². The van der Waals surface area contributed by atoms with Crippen molar-refractivity contribution in [2.75, 3.05) is 50.7 Å². The Bertz CT molecular complexity index is 787. The summed E-state index contributed by atoms with van der Waals surface area (Å²) in [7, 11) is 3.07. The molecule has 0 fully saturated rings. The van der Waals surface area contributed by atoms with E-state index in [1.54, 1.807) is 4.90 Å². The lowest BCUT2D eigenvalue weighted by atomic mass is 10.3. The van der Waals surface area contributed by atoms with Crippen LogP contribution in [0, 0.1) is 15.9 Å². The summed E-state index contributed by atoms with van der Waals surface area (Å²) in [5.41, 5.74) is 0.0413. The highest BCUT2D eigenvalue weighted by atomic mass is 35.5. The molecule has 2 aromatic rings. The summed E-state index contributed by atoms with van der Waals surface area (Å²) in [6.07, 6.45) is 1.21. The number of rotatable bonds is 10. The van der Waals surface area contributed by atoms with Gasteiger partial charge in [0, 0.05) is 33.0 Å². The molecule has 0 saturated carbocycles. The molecule has 0 spiro atoms.